The topological polar surface area (TPSA) is 75.2 Å². The van der Waals surface area contributed by atoms with Crippen molar-refractivity contribution in [2.45, 2.75) is 50.7 Å². The van der Waals surface area contributed by atoms with Gasteiger partial charge in [-0.15, -0.1) is 0 Å². The van der Waals surface area contributed by atoms with E-state index in [1.807, 2.05) is 0 Å². The number of hydrogen-bond donors (Lipinski definition) is 1. The molecule has 2 aromatic rings. The number of amides is 2. The molecule has 0 saturated carbocycles. The maximum atomic E-state index is 13.5. The molecule has 3 atom stereocenters. The number of benzene rings is 1. The van der Waals surface area contributed by atoms with E-state index in [-0.39, 0.29) is 41.2 Å². The van der Waals surface area contributed by atoms with E-state index < -0.39 is 11.6 Å². The van der Waals surface area contributed by atoms with Crippen LogP contribution in [0.5, 0.6) is 0 Å². The lowest BCUT2D eigenvalue weighted by Crippen LogP contribution is -2.52. The number of halogens is 2. The minimum absolute atomic E-state index is 0.0335. The predicted octanol–water partition coefficient (Wildman–Crippen LogP) is 2.63. The fourth-order valence-electron chi connectivity index (χ4n) is 4.17. The maximum Gasteiger partial charge on any atom is 0.271 e. The molecule has 0 radical (unpaired) electrons. The summed E-state index contributed by atoms with van der Waals surface area (Å²) in [6.07, 6.45) is 5.89. The molecular formula is C20H20F2N4O2. The number of nitrogens with zero attached hydrogens (tertiary/aromatic N) is 3. The van der Waals surface area contributed by atoms with Gasteiger partial charge in [-0.1, -0.05) is 0 Å². The van der Waals surface area contributed by atoms with Crippen LogP contribution in [0.4, 0.5) is 8.78 Å². The number of fused-ring (bicyclic) bond motifs is 2. The fourth-order valence-corrected chi connectivity index (χ4v) is 4.17. The van der Waals surface area contributed by atoms with Gasteiger partial charge in [-0.05, 0) is 50.8 Å². The van der Waals surface area contributed by atoms with Gasteiger partial charge in [0.25, 0.3) is 11.8 Å². The molecular weight excluding hydrogens is 366 g/mol. The Balaban J connectivity index is 1.44. The van der Waals surface area contributed by atoms with E-state index >= 15 is 0 Å². The summed E-state index contributed by atoms with van der Waals surface area (Å²) in [5.74, 6) is -2.57. The van der Waals surface area contributed by atoms with Crippen molar-refractivity contribution in [1.82, 2.24) is 20.2 Å². The van der Waals surface area contributed by atoms with Gasteiger partial charge in [0.2, 0.25) is 0 Å². The zero-order valence-corrected chi connectivity index (χ0v) is 15.4. The number of aryl methyl sites for hydroxylation is 1. The number of piperidine rings is 1. The van der Waals surface area contributed by atoms with Crippen molar-refractivity contribution >= 4 is 11.8 Å². The van der Waals surface area contributed by atoms with Gasteiger partial charge in [0, 0.05) is 29.9 Å². The van der Waals surface area contributed by atoms with E-state index in [0.29, 0.717) is 12.8 Å². The fraction of sp³-hybridized carbons (Fsp3) is 0.400. The van der Waals surface area contributed by atoms with Crippen molar-refractivity contribution in [2.24, 2.45) is 0 Å². The van der Waals surface area contributed by atoms with Crippen molar-refractivity contribution < 1.29 is 18.4 Å². The molecule has 8 heteroatoms. The highest BCUT2D eigenvalue weighted by atomic mass is 19.2. The molecule has 28 heavy (non-hydrogen) atoms. The molecule has 2 aliphatic rings. The molecule has 2 fully saturated rings. The Morgan fingerprint density at radius 3 is 2.39 bits per heavy atom. The van der Waals surface area contributed by atoms with Crippen LogP contribution < -0.4 is 5.32 Å². The van der Waals surface area contributed by atoms with E-state index in [4.69, 9.17) is 0 Å². The average Bonchev–Trinajstić information content (AvgIpc) is 2.94. The quantitative estimate of drug-likeness (QED) is 0.880. The average molecular weight is 386 g/mol. The van der Waals surface area contributed by atoms with Gasteiger partial charge in [0.1, 0.15) is 5.69 Å². The van der Waals surface area contributed by atoms with Crippen LogP contribution >= 0.6 is 0 Å². The number of carbonyl (C=O) groups is 2. The molecule has 2 bridgehead atoms. The lowest BCUT2D eigenvalue weighted by atomic mass is 9.96. The molecule has 1 aromatic heterocycles. The molecule has 1 unspecified atom stereocenters. The minimum atomic E-state index is -1.03. The van der Waals surface area contributed by atoms with Gasteiger partial charge in [-0.25, -0.2) is 13.8 Å². The predicted molar refractivity (Wildman–Crippen MR) is 96.6 cm³/mol. The highest BCUT2D eigenvalue weighted by molar-refractivity contribution is 5.95. The van der Waals surface area contributed by atoms with Crippen LogP contribution in [0.15, 0.2) is 30.6 Å². The first-order chi connectivity index (χ1) is 13.4. The first kappa shape index (κ1) is 18.5. The van der Waals surface area contributed by atoms with Crippen molar-refractivity contribution in [2.75, 3.05) is 0 Å². The molecule has 2 saturated heterocycles. The first-order valence-corrected chi connectivity index (χ1v) is 9.29. The second kappa shape index (κ2) is 7.26. The molecule has 3 heterocycles. The number of rotatable bonds is 3. The Bertz CT molecular complexity index is 905. The van der Waals surface area contributed by atoms with Crippen molar-refractivity contribution in [3.8, 4) is 0 Å². The number of aromatic nitrogens is 2. The molecule has 2 aliphatic heterocycles. The summed E-state index contributed by atoms with van der Waals surface area (Å²) in [4.78, 5) is 35.2. The monoisotopic (exact) mass is 386 g/mol. The molecule has 1 N–H and O–H groups in total. The summed E-state index contributed by atoms with van der Waals surface area (Å²) in [5.41, 5.74) is 1.14. The first-order valence-electron chi connectivity index (χ1n) is 9.29. The summed E-state index contributed by atoms with van der Waals surface area (Å²) < 4.78 is 26.7. The summed E-state index contributed by atoms with van der Waals surface area (Å²) in [6.45, 7) is 1.80. The smallest absolute Gasteiger partial charge is 0.271 e. The molecule has 2 amide bonds. The van der Waals surface area contributed by atoms with Gasteiger partial charge in [0.05, 0.1) is 11.9 Å². The largest absolute Gasteiger partial charge is 0.348 e. The summed E-state index contributed by atoms with van der Waals surface area (Å²) >= 11 is 0. The Morgan fingerprint density at radius 1 is 1.07 bits per heavy atom. The Kier molecular flexibility index (Phi) is 4.78. The van der Waals surface area contributed by atoms with Crippen molar-refractivity contribution in [1.29, 1.82) is 0 Å². The zero-order chi connectivity index (χ0) is 19.8. The van der Waals surface area contributed by atoms with Crippen molar-refractivity contribution in [3.05, 3.63) is 59.2 Å². The third kappa shape index (κ3) is 3.46. The van der Waals surface area contributed by atoms with E-state index in [1.165, 1.54) is 12.3 Å². The van der Waals surface area contributed by atoms with Crippen molar-refractivity contribution in [3.63, 3.8) is 0 Å². The number of carbonyl (C=O) groups excluding carboxylic acids is 2. The van der Waals surface area contributed by atoms with Gasteiger partial charge in [0.15, 0.2) is 11.6 Å². The van der Waals surface area contributed by atoms with Gasteiger partial charge < -0.3 is 10.2 Å². The standard InChI is InChI=1S/C20H20F2N4O2/c1-11-9-24-18(10-23-11)19(27)25-13-7-14-3-4-15(8-13)26(14)20(28)12-2-5-16(21)17(22)6-12/h2,5-6,9-10,13-15H,3-4,7-8H2,1H3,(H,25,27)/t13?,14-,15+. The Morgan fingerprint density at radius 2 is 1.79 bits per heavy atom. The zero-order valence-electron chi connectivity index (χ0n) is 15.4. The maximum absolute atomic E-state index is 13.5. The van der Waals surface area contributed by atoms with Crippen LogP contribution in [0.1, 0.15) is 52.2 Å². The molecule has 1 aromatic carbocycles. The molecule has 146 valence electrons. The van der Waals surface area contributed by atoms with Crippen LogP contribution in [0, 0.1) is 18.6 Å². The Hall–Kier alpha value is -2.90. The van der Waals surface area contributed by atoms with Crippen LogP contribution in [-0.4, -0.2) is 44.8 Å². The van der Waals surface area contributed by atoms with E-state index in [2.05, 4.69) is 15.3 Å². The van der Waals surface area contributed by atoms with E-state index in [9.17, 15) is 18.4 Å². The van der Waals surface area contributed by atoms with E-state index in [1.54, 1.807) is 18.0 Å². The summed E-state index contributed by atoms with van der Waals surface area (Å²) in [7, 11) is 0. The summed E-state index contributed by atoms with van der Waals surface area (Å²) in [5, 5.41) is 2.98. The normalized spacial score (nSPS) is 23.5. The SMILES string of the molecule is Cc1cnc(C(=O)NC2C[C@H]3CC[C@@H](C2)N3C(=O)c2ccc(F)c(F)c2)cn1. The molecule has 0 aliphatic carbocycles. The molecule has 6 nitrogen and oxygen atoms in total. The second-order valence-electron chi connectivity index (χ2n) is 7.41. The van der Waals surface area contributed by atoms with Crippen LogP contribution in [0.3, 0.4) is 0 Å². The van der Waals surface area contributed by atoms with Gasteiger partial charge >= 0.3 is 0 Å². The number of hydrogen-bond acceptors (Lipinski definition) is 4. The van der Waals surface area contributed by atoms with Crippen LogP contribution in [0.25, 0.3) is 0 Å². The molecule has 4 rings (SSSR count). The van der Waals surface area contributed by atoms with Gasteiger partial charge in [-0.2, -0.15) is 0 Å². The third-order valence-corrected chi connectivity index (χ3v) is 5.48. The Labute approximate surface area is 161 Å². The lowest BCUT2D eigenvalue weighted by molar-refractivity contribution is 0.0548. The van der Waals surface area contributed by atoms with Crippen LogP contribution in [0.2, 0.25) is 0 Å². The minimum Gasteiger partial charge on any atom is -0.348 e. The highest BCUT2D eigenvalue weighted by Gasteiger charge is 2.44. The third-order valence-electron chi connectivity index (χ3n) is 5.48. The highest BCUT2D eigenvalue weighted by Crippen LogP contribution is 2.37. The van der Waals surface area contributed by atoms with E-state index in [0.717, 1.165) is 30.7 Å². The lowest BCUT2D eigenvalue weighted by Gasteiger charge is -2.39. The van der Waals surface area contributed by atoms with Crippen LogP contribution in [-0.2, 0) is 0 Å². The van der Waals surface area contributed by atoms with Gasteiger partial charge in [-0.3, -0.25) is 14.6 Å². The molecule has 0 spiro atoms. The second-order valence-corrected chi connectivity index (χ2v) is 7.41. The number of nitrogens with one attached hydrogen (secondary N) is 1. The summed E-state index contributed by atoms with van der Waals surface area (Å²) in [6, 6.07) is 3.09.